The second-order valence-electron chi connectivity index (χ2n) is 5.25. The van der Waals surface area contributed by atoms with Crippen molar-refractivity contribution in [2.45, 2.75) is 30.7 Å². The van der Waals surface area contributed by atoms with Gasteiger partial charge in [-0.3, -0.25) is 0 Å². The summed E-state index contributed by atoms with van der Waals surface area (Å²) in [5.41, 5.74) is 1.38. The fraction of sp³-hybridized carbons (Fsp3) is 0.538. The third kappa shape index (κ3) is 3.26. The van der Waals surface area contributed by atoms with Crippen molar-refractivity contribution in [3.63, 3.8) is 0 Å². The first-order valence-corrected chi connectivity index (χ1v) is 10.4. The van der Waals surface area contributed by atoms with Crippen LogP contribution in [-0.2, 0) is 25.7 Å². The van der Waals surface area contributed by atoms with Gasteiger partial charge in [0.25, 0.3) is 0 Å². The van der Waals surface area contributed by atoms with Gasteiger partial charge in [-0.1, -0.05) is 12.1 Å². The van der Waals surface area contributed by atoms with Gasteiger partial charge in [-0.2, -0.15) is 4.31 Å². The maximum absolute atomic E-state index is 12.8. The molecule has 2 rings (SSSR count). The Hall–Kier alpha value is -0.630. The van der Waals surface area contributed by atoms with E-state index in [0.717, 1.165) is 5.56 Å². The Bertz CT molecular complexity index is 743. The van der Waals surface area contributed by atoms with Crippen LogP contribution >= 0.6 is 11.6 Å². The molecule has 5 nitrogen and oxygen atoms in total. The molecule has 21 heavy (non-hydrogen) atoms. The number of hydrogen-bond acceptors (Lipinski definition) is 4. The lowest BCUT2D eigenvalue weighted by atomic mass is 10.1. The van der Waals surface area contributed by atoms with E-state index in [0.29, 0.717) is 5.56 Å². The van der Waals surface area contributed by atoms with Gasteiger partial charge in [-0.05, 0) is 31.0 Å². The Labute approximate surface area is 130 Å². The molecule has 0 aliphatic carbocycles. The lowest BCUT2D eigenvalue weighted by Crippen LogP contribution is -2.49. The summed E-state index contributed by atoms with van der Waals surface area (Å²) in [5.74, 6) is -0.0373. The van der Waals surface area contributed by atoms with Gasteiger partial charge < -0.3 is 0 Å². The molecule has 0 radical (unpaired) electrons. The summed E-state index contributed by atoms with van der Waals surface area (Å²) in [6.07, 6.45) is 0. The first kappa shape index (κ1) is 16.7. The zero-order valence-electron chi connectivity index (χ0n) is 11.9. The van der Waals surface area contributed by atoms with Crippen LogP contribution in [-0.4, -0.2) is 45.2 Å². The Morgan fingerprint density at radius 1 is 1.38 bits per heavy atom. The monoisotopic (exact) mass is 351 g/mol. The van der Waals surface area contributed by atoms with Gasteiger partial charge in [0.1, 0.15) is 0 Å². The van der Waals surface area contributed by atoms with Crippen LogP contribution in [0.15, 0.2) is 23.1 Å². The van der Waals surface area contributed by atoms with E-state index in [9.17, 15) is 16.8 Å². The van der Waals surface area contributed by atoms with Gasteiger partial charge in [0.2, 0.25) is 10.0 Å². The van der Waals surface area contributed by atoms with Gasteiger partial charge >= 0.3 is 0 Å². The Kier molecular flexibility index (Phi) is 4.68. The number of hydrogen-bond donors (Lipinski definition) is 0. The van der Waals surface area contributed by atoms with Crippen molar-refractivity contribution in [3.05, 3.63) is 29.3 Å². The number of sulfonamides is 1. The van der Waals surface area contributed by atoms with Crippen LogP contribution in [0.25, 0.3) is 0 Å². The predicted molar refractivity (Wildman–Crippen MR) is 82.7 cm³/mol. The molecule has 1 aromatic carbocycles. The summed E-state index contributed by atoms with van der Waals surface area (Å²) in [7, 11) is -6.87. The summed E-state index contributed by atoms with van der Waals surface area (Å²) < 4.78 is 50.0. The number of halogens is 1. The van der Waals surface area contributed by atoms with Crippen molar-refractivity contribution in [2.24, 2.45) is 0 Å². The molecule has 1 aromatic rings. The average molecular weight is 352 g/mol. The molecule has 1 aliphatic rings. The summed E-state index contributed by atoms with van der Waals surface area (Å²) in [5, 5.41) is 0. The van der Waals surface area contributed by atoms with Gasteiger partial charge in [0, 0.05) is 18.5 Å². The number of benzene rings is 1. The molecule has 1 aliphatic heterocycles. The van der Waals surface area contributed by atoms with Crippen molar-refractivity contribution in [1.82, 2.24) is 4.31 Å². The molecular formula is C13H18ClNO4S2. The number of rotatable bonds is 3. The maximum Gasteiger partial charge on any atom is 0.243 e. The molecule has 0 bridgehead atoms. The first-order chi connectivity index (χ1) is 9.69. The largest absolute Gasteiger partial charge is 0.243 e. The third-order valence-electron chi connectivity index (χ3n) is 3.74. The fourth-order valence-electron chi connectivity index (χ4n) is 2.55. The lowest BCUT2D eigenvalue weighted by Gasteiger charge is -2.32. The fourth-order valence-corrected chi connectivity index (χ4v) is 6.51. The second kappa shape index (κ2) is 5.87. The third-order valence-corrected chi connectivity index (χ3v) is 7.98. The van der Waals surface area contributed by atoms with Crippen LogP contribution in [0.4, 0.5) is 0 Å². The van der Waals surface area contributed by atoms with E-state index >= 15 is 0 Å². The predicted octanol–water partition coefficient (Wildman–Crippen LogP) is 1.54. The van der Waals surface area contributed by atoms with E-state index in [1.54, 1.807) is 26.0 Å². The quantitative estimate of drug-likeness (QED) is 0.774. The minimum atomic E-state index is -3.71. The Morgan fingerprint density at radius 2 is 2.05 bits per heavy atom. The minimum Gasteiger partial charge on any atom is -0.229 e. The molecule has 1 saturated heterocycles. The average Bonchev–Trinajstić information content (AvgIpc) is 2.37. The molecule has 1 heterocycles. The molecule has 0 N–H and O–H groups in total. The van der Waals surface area contributed by atoms with Crippen LogP contribution in [0.3, 0.4) is 0 Å². The lowest BCUT2D eigenvalue weighted by molar-refractivity contribution is 0.356. The van der Waals surface area contributed by atoms with Crippen LogP contribution < -0.4 is 0 Å². The second-order valence-corrected chi connectivity index (χ2v) is 9.61. The summed E-state index contributed by atoms with van der Waals surface area (Å²) in [6, 6.07) is 4.41. The molecule has 0 aromatic heterocycles. The van der Waals surface area contributed by atoms with Crippen molar-refractivity contribution in [3.8, 4) is 0 Å². The summed E-state index contributed by atoms with van der Waals surface area (Å²) in [4.78, 5) is 0.201. The molecule has 118 valence electrons. The molecule has 0 amide bonds. The number of alkyl halides is 1. The highest BCUT2D eigenvalue weighted by Crippen LogP contribution is 2.26. The number of nitrogens with zero attached hydrogens (tertiary/aromatic N) is 1. The first-order valence-electron chi connectivity index (χ1n) is 6.56. The van der Waals surface area contributed by atoms with Crippen molar-refractivity contribution >= 4 is 31.5 Å². The van der Waals surface area contributed by atoms with E-state index < -0.39 is 25.9 Å². The summed E-state index contributed by atoms with van der Waals surface area (Å²) >= 11 is 5.82. The van der Waals surface area contributed by atoms with Crippen LogP contribution in [0.5, 0.6) is 0 Å². The Balaban J connectivity index is 2.44. The van der Waals surface area contributed by atoms with E-state index in [2.05, 4.69) is 0 Å². The van der Waals surface area contributed by atoms with E-state index in [1.165, 1.54) is 10.4 Å². The van der Waals surface area contributed by atoms with Crippen molar-refractivity contribution < 1.29 is 16.8 Å². The SMILES string of the molecule is Cc1c(CCl)cccc1S(=O)(=O)N1CCS(=O)(=O)CC1C. The normalized spacial score (nSPS) is 23.1. The topological polar surface area (TPSA) is 71.5 Å². The van der Waals surface area contributed by atoms with Gasteiger partial charge in [0.15, 0.2) is 9.84 Å². The van der Waals surface area contributed by atoms with Crippen LogP contribution in [0.2, 0.25) is 0 Å². The minimum absolute atomic E-state index is 0.00360. The van der Waals surface area contributed by atoms with E-state index in [4.69, 9.17) is 11.6 Å². The van der Waals surface area contributed by atoms with Crippen LogP contribution in [0, 0.1) is 6.92 Å². The molecule has 0 spiro atoms. The molecular weight excluding hydrogens is 334 g/mol. The van der Waals surface area contributed by atoms with Crippen molar-refractivity contribution in [2.75, 3.05) is 18.1 Å². The maximum atomic E-state index is 12.8. The molecule has 1 atom stereocenters. The zero-order chi connectivity index (χ0) is 15.8. The highest BCUT2D eigenvalue weighted by Gasteiger charge is 2.37. The van der Waals surface area contributed by atoms with Crippen LogP contribution in [0.1, 0.15) is 18.1 Å². The summed E-state index contributed by atoms with van der Waals surface area (Å²) in [6.45, 7) is 3.33. The van der Waals surface area contributed by atoms with Gasteiger partial charge in [-0.25, -0.2) is 16.8 Å². The zero-order valence-corrected chi connectivity index (χ0v) is 14.3. The molecule has 0 saturated carbocycles. The molecule has 1 unspecified atom stereocenters. The van der Waals surface area contributed by atoms with Gasteiger partial charge in [0.05, 0.1) is 16.4 Å². The van der Waals surface area contributed by atoms with Gasteiger partial charge in [-0.15, -0.1) is 11.6 Å². The highest BCUT2D eigenvalue weighted by molar-refractivity contribution is 7.92. The highest BCUT2D eigenvalue weighted by atomic mass is 35.5. The molecule has 8 heteroatoms. The standard InChI is InChI=1S/C13H18ClNO4S2/c1-10-9-20(16,17)7-6-15(10)21(18,19)13-5-3-4-12(8-14)11(13)2/h3-5,10H,6-9H2,1-2H3. The smallest absolute Gasteiger partial charge is 0.229 e. The van der Waals surface area contributed by atoms with E-state index in [-0.39, 0.29) is 28.8 Å². The molecule has 1 fully saturated rings. The van der Waals surface area contributed by atoms with E-state index in [1.807, 2.05) is 0 Å². The Morgan fingerprint density at radius 3 is 2.62 bits per heavy atom. The number of sulfone groups is 1. The van der Waals surface area contributed by atoms with Crippen molar-refractivity contribution in [1.29, 1.82) is 0 Å².